The van der Waals surface area contributed by atoms with E-state index in [1.54, 1.807) is 6.07 Å². The van der Waals surface area contributed by atoms with E-state index in [2.05, 4.69) is 37.0 Å². The summed E-state index contributed by atoms with van der Waals surface area (Å²) < 4.78 is 53.2. The van der Waals surface area contributed by atoms with Crippen LogP contribution in [0.5, 0.6) is 0 Å². The van der Waals surface area contributed by atoms with E-state index in [9.17, 15) is 13.2 Å². The van der Waals surface area contributed by atoms with Gasteiger partial charge in [-0.3, -0.25) is 0 Å². The number of allylic oxidation sites excluding steroid dienone is 2. The highest BCUT2D eigenvalue weighted by Crippen LogP contribution is 2.38. The monoisotopic (exact) mass is 464 g/mol. The third-order valence-corrected chi connectivity index (χ3v) is 6.83. The van der Waals surface area contributed by atoms with Crippen molar-refractivity contribution >= 4 is 10.8 Å². The van der Waals surface area contributed by atoms with E-state index in [1.165, 1.54) is 49.8 Å². The molecule has 176 valence electrons. The van der Waals surface area contributed by atoms with E-state index in [1.807, 2.05) is 18.2 Å². The summed E-state index contributed by atoms with van der Waals surface area (Å²) in [5.74, 6) is 6.47. The molecular weight excluding hydrogens is 436 g/mol. The predicted octanol–water partition coefficient (Wildman–Crippen LogP) is 9.03. The lowest BCUT2D eigenvalue weighted by Crippen LogP contribution is -2.13. The van der Waals surface area contributed by atoms with Crippen LogP contribution in [0.1, 0.15) is 73.6 Å². The molecule has 0 nitrogen and oxygen atoms in total. The van der Waals surface area contributed by atoms with Crippen LogP contribution in [0.15, 0.2) is 66.7 Å². The second-order valence-electron chi connectivity index (χ2n) is 9.10. The zero-order chi connectivity index (χ0) is 24.1. The fourth-order valence-corrected chi connectivity index (χ4v) is 4.83. The Labute approximate surface area is 198 Å². The van der Waals surface area contributed by atoms with Gasteiger partial charge < -0.3 is 0 Å². The predicted molar refractivity (Wildman–Crippen MR) is 130 cm³/mol. The second-order valence-corrected chi connectivity index (χ2v) is 9.10. The topological polar surface area (TPSA) is 0 Å². The van der Waals surface area contributed by atoms with Crippen molar-refractivity contribution in [2.24, 2.45) is 5.92 Å². The standard InChI is InChI=1S/C30H28F4/c1-2-3-4-5-21-6-11-23(12-7-21)25-16-19-28-26(20-25)15-14-24(29(28)31)13-8-22-9-17-27(18-10-22)30(32,33)34/h2-3,9-10,14-21,23H,4-7,11-12H2,1H3/b3-2+. The van der Waals surface area contributed by atoms with Crippen molar-refractivity contribution in [2.45, 2.75) is 57.5 Å². The number of benzene rings is 3. The zero-order valence-electron chi connectivity index (χ0n) is 19.3. The van der Waals surface area contributed by atoms with Gasteiger partial charge in [0, 0.05) is 10.9 Å². The van der Waals surface area contributed by atoms with Gasteiger partial charge >= 0.3 is 6.18 Å². The number of rotatable bonds is 4. The molecule has 0 spiro atoms. The highest BCUT2D eigenvalue weighted by atomic mass is 19.4. The molecule has 1 fully saturated rings. The molecule has 4 rings (SSSR count). The Morgan fingerprint density at radius 2 is 1.65 bits per heavy atom. The van der Waals surface area contributed by atoms with Crippen molar-refractivity contribution in [1.29, 1.82) is 0 Å². The highest BCUT2D eigenvalue weighted by Gasteiger charge is 2.29. The van der Waals surface area contributed by atoms with Crippen LogP contribution in [0.3, 0.4) is 0 Å². The maximum atomic E-state index is 15.1. The minimum Gasteiger partial charge on any atom is -0.205 e. The molecule has 0 aliphatic heterocycles. The molecule has 0 heterocycles. The molecule has 1 saturated carbocycles. The van der Waals surface area contributed by atoms with Gasteiger partial charge in [-0.25, -0.2) is 4.39 Å². The summed E-state index contributed by atoms with van der Waals surface area (Å²) in [5, 5.41) is 1.37. The average Bonchev–Trinajstić information content (AvgIpc) is 2.84. The lowest BCUT2D eigenvalue weighted by molar-refractivity contribution is -0.137. The van der Waals surface area contributed by atoms with Crippen LogP contribution in [-0.4, -0.2) is 0 Å². The lowest BCUT2D eigenvalue weighted by atomic mass is 9.77. The van der Waals surface area contributed by atoms with Crippen LogP contribution in [0.25, 0.3) is 10.8 Å². The molecule has 0 amide bonds. The van der Waals surface area contributed by atoms with E-state index in [-0.39, 0.29) is 5.56 Å². The van der Waals surface area contributed by atoms with Gasteiger partial charge in [0.25, 0.3) is 0 Å². The Bertz CT molecular complexity index is 1210. The molecule has 0 aromatic heterocycles. The van der Waals surface area contributed by atoms with E-state index < -0.39 is 17.6 Å². The minimum atomic E-state index is -4.39. The molecule has 1 aliphatic carbocycles. The Hall–Kier alpha value is -3.06. The molecule has 34 heavy (non-hydrogen) atoms. The first-order chi connectivity index (χ1) is 16.3. The first-order valence-electron chi connectivity index (χ1n) is 11.9. The van der Waals surface area contributed by atoms with Gasteiger partial charge in [0.15, 0.2) is 0 Å². The Balaban J connectivity index is 1.47. The summed E-state index contributed by atoms with van der Waals surface area (Å²) in [5.41, 5.74) is 1.18. The van der Waals surface area contributed by atoms with E-state index in [0.29, 0.717) is 16.9 Å². The molecule has 0 bridgehead atoms. The van der Waals surface area contributed by atoms with Crippen LogP contribution in [-0.2, 0) is 6.18 Å². The summed E-state index contributed by atoms with van der Waals surface area (Å²) in [7, 11) is 0. The van der Waals surface area contributed by atoms with Gasteiger partial charge in [-0.05, 0) is 98.6 Å². The number of hydrogen-bond acceptors (Lipinski definition) is 0. The van der Waals surface area contributed by atoms with Crippen LogP contribution in [0.2, 0.25) is 0 Å². The molecule has 0 radical (unpaired) electrons. The molecule has 0 N–H and O–H groups in total. The summed E-state index contributed by atoms with van der Waals surface area (Å²) in [6.45, 7) is 2.06. The minimum absolute atomic E-state index is 0.238. The van der Waals surface area contributed by atoms with Crippen molar-refractivity contribution in [3.63, 3.8) is 0 Å². The van der Waals surface area contributed by atoms with E-state index in [4.69, 9.17) is 0 Å². The third-order valence-electron chi connectivity index (χ3n) is 6.83. The van der Waals surface area contributed by atoms with Crippen molar-refractivity contribution in [1.82, 2.24) is 0 Å². The van der Waals surface area contributed by atoms with Gasteiger partial charge in [-0.2, -0.15) is 13.2 Å². The zero-order valence-corrected chi connectivity index (χ0v) is 19.3. The maximum absolute atomic E-state index is 15.1. The number of alkyl halides is 3. The molecule has 1 aliphatic rings. The fraction of sp³-hybridized carbons (Fsp3) is 0.333. The average molecular weight is 465 g/mol. The largest absolute Gasteiger partial charge is 0.416 e. The van der Waals surface area contributed by atoms with Crippen LogP contribution in [0.4, 0.5) is 17.6 Å². The van der Waals surface area contributed by atoms with Crippen molar-refractivity contribution < 1.29 is 17.6 Å². The molecule has 0 unspecified atom stereocenters. The van der Waals surface area contributed by atoms with Crippen molar-refractivity contribution in [3.05, 3.63) is 94.8 Å². The molecule has 3 aromatic carbocycles. The van der Waals surface area contributed by atoms with Gasteiger partial charge in [0.2, 0.25) is 0 Å². The fourth-order valence-electron chi connectivity index (χ4n) is 4.83. The smallest absolute Gasteiger partial charge is 0.205 e. The third kappa shape index (κ3) is 5.70. The van der Waals surface area contributed by atoms with Gasteiger partial charge in [0.1, 0.15) is 5.82 Å². The molecule has 0 atom stereocenters. The van der Waals surface area contributed by atoms with Crippen molar-refractivity contribution in [3.8, 4) is 11.8 Å². The van der Waals surface area contributed by atoms with Crippen LogP contribution < -0.4 is 0 Å². The number of halogens is 4. The number of fused-ring (bicyclic) bond motifs is 1. The quantitative estimate of drug-likeness (QED) is 0.205. The SMILES string of the molecule is C/C=C/CCC1CCC(c2ccc3c(F)c(C#Cc4ccc(C(F)(F)F)cc4)ccc3c2)CC1. The molecule has 4 heteroatoms. The van der Waals surface area contributed by atoms with Gasteiger partial charge in [-0.1, -0.05) is 48.3 Å². The van der Waals surface area contributed by atoms with E-state index >= 15 is 4.39 Å². The van der Waals surface area contributed by atoms with Crippen LogP contribution >= 0.6 is 0 Å². The van der Waals surface area contributed by atoms with Gasteiger partial charge in [-0.15, -0.1) is 0 Å². The Kier molecular flexibility index (Phi) is 7.41. The van der Waals surface area contributed by atoms with Crippen molar-refractivity contribution in [2.75, 3.05) is 0 Å². The Morgan fingerprint density at radius 3 is 2.32 bits per heavy atom. The highest BCUT2D eigenvalue weighted by molar-refractivity contribution is 5.85. The summed E-state index contributed by atoms with van der Waals surface area (Å²) in [6.07, 6.45) is 7.22. The second kappa shape index (κ2) is 10.5. The maximum Gasteiger partial charge on any atom is 0.416 e. The summed E-state index contributed by atoms with van der Waals surface area (Å²) in [6, 6.07) is 14.1. The van der Waals surface area contributed by atoms with E-state index in [0.717, 1.165) is 29.9 Å². The molecule has 3 aromatic rings. The normalized spacial score (nSPS) is 18.7. The van der Waals surface area contributed by atoms with Crippen LogP contribution in [0, 0.1) is 23.6 Å². The van der Waals surface area contributed by atoms with Gasteiger partial charge in [0.05, 0.1) is 11.1 Å². The summed E-state index contributed by atoms with van der Waals surface area (Å²) >= 11 is 0. The Morgan fingerprint density at radius 1 is 0.912 bits per heavy atom. The summed E-state index contributed by atoms with van der Waals surface area (Å²) in [4.78, 5) is 0. The first-order valence-corrected chi connectivity index (χ1v) is 11.9. The first kappa shape index (κ1) is 24.1. The molecule has 0 saturated heterocycles. The lowest BCUT2D eigenvalue weighted by Gasteiger charge is -2.28. The number of hydrogen-bond donors (Lipinski definition) is 0. The molecular formula is C30H28F4.